The fraction of sp³-hybridized carbons (Fsp3) is 0.255. The molecule has 3 amide bonds. The lowest BCUT2D eigenvalue weighted by molar-refractivity contribution is -0.122. The lowest BCUT2D eigenvalue weighted by Crippen LogP contribution is -2.35. The number of phenolic OH excluding ortho intramolecular Hbond substituents is 1. The Morgan fingerprint density at radius 3 is 2.43 bits per heavy atom. The smallest absolute Gasteiger partial charge is 0.295 e. The fourth-order valence-electron chi connectivity index (χ4n) is 8.28. The van der Waals surface area contributed by atoms with Gasteiger partial charge in [-0.1, -0.05) is 48.9 Å². The van der Waals surface area contributed by atoms with Crippen molar-refractivity contribution in [3.8, 4) is 33.8 Å². The zero-order valence-electron chi connectivity index (χ0n) is 37.7. The molecule has 0 bridgehead atoms. The summed E-state index contributed by atoms with van der Waals surface area (Å²) in [5.74, 6) is 0.0889. The van der Waals surface area contributed by atoms with Crippen molar-refractivity contribution in [1.29, 1.82) is 0 Å². The third-order valence-corrected chi connectivity index (χ3v) is 12.3. The van der Waals surface area contributed by atoms with E-state index in [0.717, 1.165) is 61.1 Å². The minimum Gasteiger partial charge on any atom is -0.508 e. The van der Waals surface area contributed by atoms with Crippen molar-refractivity contribution in [1.82, 2.24) is 35.8 Å². The number of nitrogens with zero attached hydrogens (tertiary/aromatic N) is 4. The number of aromatic nitrogens is 3. The van der Waals surface area contributed by atoms with Gasteiger partial charge in [0.15, 0.2) is 0 Å². The van der Waals surface area contributed by atoms with Crippen LogP contribution in [0.3, 0.4) is 0 Å². The number of nitrogens with one attached hydrogen (secondary N) is 4. The maximum Gasteiger partial charge on any atom is 0.295 e. The second-order valence-corrected chi connectivity index (χ2v) is 17.0. The molecule has 1 aliphatic heterocycles. The standard InChI is InChI=1S/C51H52ClN9O6/c1-5-37-40(29-58-47(53)46(37)31-7-11-35(62)12-8-31)34-9-14-42(57-28-34)49(65)55-19-18-54-45(63)17-22-66-23-20-56-48(64)38-25-36(13-6-30(38)2)67-50-59-44-26-41(52)39(27-51(44,3)60-50)32-10-15-43-33(24-32)16-21-61(43)4/h6-16,21,24-26,28-29,62H,5,17-20,22-23,27H2,1-4H3,(H2,53,58)(H,54,63)(H,55,65)(H,56,64)(H,59,60). The van der Waals surface area contributed by atoms with Gasteiger partial charge in [-0.2, -0.15) is 0 Å². The van der Waals surface area contributed by atoms with E-state index in [-0.39, 0.29) is 68.4 Å². The number of anilines is 1. The summed E-state index contributed by atoms with van der Waals surface area (Å²) in [6, 6.07) is 24.3. The van der Waals surface area contributed by atoms with Crippen LogP contribution in [-0.2, 0) is 23.0 Å². The van der Waals surface area contributed by atoms with Crippen molar-refractivity contribution < 1.29 is 29.0 Å². The number of halogens is 1. The number of aryl methyl sites for hydroxylation is 2. The maximum absolute atomic E-state index is 13.2. The molecular weight excluding hydrogens is 870 g/mol. The summed E-state index contributed by atoms with van der Waals surface area (Å²) in [6.07, 6.45) is 8.62. The van der Waals surface area contributed by atoms with Crippen molar-refractivity contribution >= 4 is 57.6 Å². The van der Waals surface area contributed by atoms with Gasteiger partial charge in [0.2, 0.25) is 5.91 Å². The normalized spacial score (nSPS) is 15.4. The van der Waals surface area contributed by atoms with Crippen LogP contribution in [0.25, 0.3) is 38.7 Å². The van der Waals surface area contributed by atoms with E-state index in [1.165, 1.54) is 0 Å². The molecule has 67 heavy (non-hydrogen) atoms. The second-order valence-electron chi connectivity index (χ2n) is 16.6. The first-order chi connectivity index (χ1) is 32.3. The van der Waals surface area contributed by atoms with Gasteiger partial charge in [0.25, 0.3) is 17.8 Å². The van der Waals surface area contributed by atoms with E-state index in [1.807, 2.05) is 52.2 Å². The number of nitrogen functional groups attached to an aromatic ring is 1. The molecule has 3 aromatic carbocycles. The molecule has 344 valence electrons. The molecule has 15 nitrogen and oxygen atoms in total. The zero-order chi connectivity index (χ0) is 47.2. The van der Waals surface area contributed by atoms with Crippen LogP contribution in [0.2, 0.25) is 0 Å². The van der Waals surface area contributed by atoms with E-state index >= 15 is 0 Å². The number of hydrogen-bond donors (Lipinski definition) is 6. The average Bonchev–Trinajstić information content (AvgIpc) is 3.86. The Morgan fingerprint density at radius 2 is 1.66 bits per heavy atom. The van der Waals surface area contributed by atoms with Crippen LogP contribution in [-0.4, -0.2) is 81.8 Å². The second kappa shape index (κ2) is 19.9. The molecule has 8 rings (SSSR count). The highest BCUT2D eigenvalue weighted by molar-refractivity contribution is 6.34. The van der Waals surface area contributed by atoms with Gasteiger partial charge in [0.1, 0.15) is 28.5 Å². The largest absolute Gasteiger partial charge is 0.508 e. The summed E-state index contributed by atoms with van der Waals surface area (Å²) < 4.78 is 13.9. The van der Waals surface area contributed by atoms with Crippen LogP contribution in [0, 0.1) is 6.92 Å². The number of amidine groups is 1. The first-order valence-electron chi connectivity index (χ1n) is 22.1. The number of aromatic hydroxyl groups is 1. The van der Waals surface area contributed by atoms with Crippen LogP contribution in [0.1, 0.15) is 64.2 Å². The Bertz CT molecular complexity index is 2960. The summed E-state index contributed by atoms with van der Waals surface area (Å²) in [4.78, 5) is 52.1. The topological polar surface area (TPSA) is 207 Å². The average molecular weight is 922 g/mol. The van der Waals surface area contributed by atoms with E-state index in [4.69, 9.17) is 31.8 Å². The van der Waals surface area contributed by atoms with E-state index in [1.54, 1.807) is 54.9 Å². The van der Waals surface area contributed by atoms with Gasteiger partial charge in [-0.15, -0.1) is 0 Å². The number of rotatable bonds is 16. The third kappa shape index (κ3) is 10.3. The van der Waals surface area contributed by atoms with Crippen LogP contribution < -0.4 is 31.7 Å². The summed E-state index contributed by atoms with van der Waals surface area (Å²) in [5.41, 5.74) is 15.4. The van der Waals surface area contributed by atoms with E-state index in [2.05, 4.69) is 60.1 Å². The molecule has 0 radical (unpaired) electrons. The number of amides is 3. The molecule has 7 N–H and O–H groups in total. The Morgan fingerprint density at radius 1 is 0.896 bits per heavy atom. The molecule has 3 aromatic heterocycles. The Balaban J connectivity index is 0.736. The summed E-state index contributed by atoms with van der Waals surface area (Å²) >= 11 is 6.83. The number of pyridine rings is 2. The lowest BCUT2D eigenvalue weighted by atomic mass is 9.83. The molecule has 0 saturated carbocycles. The van der Waals surface area contributed by atoms with Gasteiger partial charge < -0.3 is 46.1 Å². The first-order valence-corrected chi connectivity index (χ1v) is 22.4. The molecule has 2 aliphatic rings. The Hall–Kier alpha value is -7.49. The number of phenols is 1. The molecule has 1 atom stereocenters. The van der Waals surface area contributed by atoms with Gasteiger partial charge in [0, 0.05) is 102 Å². The number of aliphatic imine (C=N–C) groups is 1. The van der Waals surface area contributed by atoms with Crippen molar-refractivity contribution in [2.45, 2.75) is 45.6 Å². The molecular formula is C51H52ClN9O6. The van der Waals surface area contributed by atoms with E-state index < -0.39 is 5.54 Å². The number of carbonyl (C=O) groups is 3. The van der Waals surface area contributed by atoms with Crippen molar-refractivity contribution in [2.24, 2.45) is 12.0 Å². The van der Waals surface area contributed by atoms with Gasteiger partial charge in [-0.25, -0.2) is 9.98 Å². The monoisotopic (exact) mass is 921 g/mol. The highest BCUT2D eigenvalue weighted by Crippen LogP contribution is 2.43. The molecule has 0 saturated heterocycles. The molecule has 4 heterocycles. The van der Waals surface area contributed by atoms with E-state index in [9.17, 15) is 19.5 Å². The Labute approximate surface area is 393 Å². The number of benzene rings is 3. The van der Waals surface area contributed by atoms with Gasteiger partial charge in [-0.3, -0.25) is 19.4 Å². The minimum atomic E-state index is -0.604. The van der Waals surface area contributed by atoms with Crippen LogP contribution in [0.5, 0.6) is 11.5 Å². The highest BCUT2D eigenvalue weighted by atomic mass is 35.5. The third-order valence-electron chi connectivity index (χ3n) is 11.9. The van der Waals surface area contributed by atoms with Crippen LogP contribution in [0.4, 0.5) is 5.82 Å². The first kappa shape index (κ1) is 46.1. The van der Waals surface area contributed by atoms with Gasteiger partial charge in [-0.05, 0) is 103 Å². The fourth-order valence-corrected chi connectivity index (χ4v) is 8.57. The predicted molar refractivity (Wildman–Crippen MR) is 261 cm³/mol. The Kier molecular flexibility index (Phi) is 13.7. The molecule has 0 fully saturated rings. The predicted octanol–water partition coefficient (Wildman–Crippen LogP) is 7.18. The molecule has 6 aromatic rings. The number of hydrogen-bond acceptors (Lipinski definition) is 11. The van der Waals surface area contributed by atoms with Crippen LogP contribution in [0.15, 0.2) is 119 Å². The zero-order valence-corrected chi connectivity index (χ0v) is 38.5. The van der Waals surface area contributed by atoms with Crippen molar-refractivity contribution in [2.75, 3.05) is 38.6 Å². The van der Waals surface area contributed by atoms with E-state index in [0.29, 0.717) is 41.0 Å². The summed E-state index contributed by atoms with van der Waals surface area (Å²) in [7, 11) is 2.02. The highest BCUT2D eigenvalue weighted by Gasteiger charge is 2.40. The minimum absolute atomic E-state index is 0.110. The molecule has 1 unspecified atom stereocenters. The SMILES string of the molecule is CCc1c(-c2ccc(C(=O)NCCNC(=O)CCOCCNC(=O)c3cc(OC4=NC5(C)CC(c6ccc7c(ccn7C)c6)=C(Cl)C=C5N4)ccc3C)nc2)cnc(N)c1-c1ccc(O)cc1. The number of allylic oxidation sites excluding steroid dienone is 2. The summed E-state index contributed by atoms with van der Waals surface area (Å²) in [5, 5.41) is 23.2. The molecule has 0 spiro atoms. The number of nitrogens with two attached hydrogens (primary N) is 1. The number of ether oxygens (including phenoxy) is 2. The number of fused-ring (bicyclic) bond motifs is 2. The van der Waals surface area contributed by atoms with Gasteiger partial charge in [0.05, 0.1) is 13.2 Å². The maximum atomic E-state index is 13.2. The van der Waals surface area contributed by atoms with Crippen LogP contribution >= 0.6 is 11.6 Å². The van der Waals surface area contributed by atoms with Crippen molar-refractivity contribution in [3.63, 3.8) is 0 Å². The number of carbonyl (C=O) groups excluding carboxylic acids is 3. The molecule has 1 aliphatic carbocycles. The molecule has 16 heteroatoms. The van der Waals surface area contributed by atoms with Crippen molar-refractivity contribution in [3.05, 3.63) is 142 Å². The lowest BCUT2D eigenvalue weighted by Gasteiger charge is -2.28. The summed E-state index contributed by atoms with van der Waals surface area (Å²) in [6.45, 7) is 6.93. The quantitative estimate of drug-likeness (QED) is 0.0540. The van der Waals surface area contributed by atoms with Gasteiger partial charge >= 0.3 is 0 Å².